The van der Waals surface area contributed by atoms with Crippen LogP contribution in [0.25, 0.3) is 0 Å². The van der Waals surface area contributed by atoms with Crippen LogP contribution >= 0.6 is 0 Å². The Morgan fingerprint density at radius 2 is 2.11 bits per heavy atom. The summed E-state index contributed by atoms with van der Waals surface area (Å²) in [4.78, 5) is 15.0. The quantitative estimate of drug-likeness (QED) is 0.771. The fraction of sp³-hybridized carbons (Fsp3) is 0.0909. The highest BCUT2D eigenvalue weighted by Crippen LogP contribution is 2.13. The van der Waals surface area contributed by atoms with Crippen LogP contribution in [0.4, 0.5) is 5.82 Å². The van der Waals surface area contributed by atoms with Crippen LogP contribution in [-0.2, 0) is 0 Å². The van der Waals surface area contributed by atoms with Gasteiger partial charge in [-0.15, -0.1) is 10.2 Å². The van der Waals surface area contributed by atoms with Gasteiger partial charge in [-0.1, -0.05) is 0 Å². The largest absolute Gasteiger partial charge is 0.497 e. The molecule has 0 saturated heterocycles. The van der Waals surface area contributed by atoms with Gasteiger partial charge in [0.2, 0.25) is 5.82 Å². The summed E-state index contributed by atoms with van der Waals surface area (Å²) in [6, 6.07) is 7.26. The molecule has 0 bridgehead atoms. The molecule has 0 aliphatic carbocycles. The van der Waals surface area contributed by atoms with E-state index in [-0.39, 0.29) is 11.5 Å². The van der Waals surface area contributed by atoms with Gasteiger partial charge in [0.15, 0.2) is 5.69 Å². The van der Waals surface area contributed by atoms with E-state index in [9.17, 15) is 4.79 Å². The van der Waals surface area contributed by atoms with Gasteiger partial charge in [-0.2, -0.15) is 5.21 Å². The number of aromatic nitrogens is 3. The number of hydrogen-bond donors (Lipinski definition) is 2. The van der Waals surface area contributed by atoms with E-state index < -0.39 is 5.91 Å². The Balaban J connectivity index is 2.19. The summed E-state index contributed by atoms with van der Waals surface area (Å²) in [6.07, 6.45) is 1.56. The topological polar surface area (TPSA) is 106 Å². The highest BCUT2D eigenvalue weighted by atomic mass is 16.5. The molecule has 3 N–H and O–H groups in total. The second-order valence-corrected chi connectivity index (χ2v) is 3.39. The monoisotopic (exact) mass is 245 g/mol. The SMILES string of the molecule is COc1ccc(C=Nc2n[nH]nc2C(N)=O)cc1. The average molecular weight is 245 g/mol. The molecule has 0 aliphatic heterocycles. The first-order valence-electron chi connectivity index (χ1n) is 5.09. The number of amides is 1. The van der Waals surface area contributed by atoms with Crippen molar-refractivity contribution in [2.24, 2.45) is 10.7 Å². The molecular formula is C11H11N5O2. The van der Waals surface area contributed by atoms with Gasteiger partial charge in [0.25, 0.3) is 5.91 Å². The number of nitrogens with one attached hydrogen (secondary N) is 1. The molecule has 2 rings (SSSR count). The molecule has 0 spiro atoms. The number of hydrogen-bond acceptors (Lipinski definition) is 5. The van der Waals surface area contributed by atoms with Crippen LogP contribution in [0.5, 0.6) is 5.75 Å². The van der Waals surface area contributed by atoms with Gasteiger partial charge < -0.3 is 10.5 Å². The Kier molecular flexibility index (Phi) is 3.33. The summed E-state index contributed by atoms with van der Waals surface area (Å²) in [5, 5.41) is 9.64. The first-order chi connectivity index (χ1) is 8.70. The molecule has 0 fully saturated rings. The zero-order chi connectivity index (χ0) is 13.0. The number of methoxy groups -OCH3 is 1. The molecule has 1 aromatic carbocycles. The number of carbonyl (C=O) groups is 1. The van der Waals surface area contributed by atoms with Crippen molar-refractivity contribution < 1.29 is 9.53 Å². The van der Waals surface area contributed by atoms with Crippen LogP contribution < -0.4 is 10.5 Å². The Bertz CT molecular complexity index is 573. The molecular weight excluding hydrogens is 234 g/mol. The van der Waals surface area contributed by atoms with Crippen LogP contribution in [-0.4, -0.2) is 34.6 Å². The molecule has 0 aliphatic rings. The predicted molar refractivity (Wildman–Crippen MR) is 65.1 cm³/mol. The maximum atomic E-state index is 11.0. The lowest BCUT2D eigenvalue weighted by molar-refractivity contribution is 0.0996. The molecule has 1 amide bonds. The fourth-order valence-corrected chi connectivity index (χ4v) is 1.31. The van der Waals surface area contributed by atoms with Crippen molar-refractivity contribution in [3.05, 3.63) is 35.5 Å². The summed E-state index contributed by atoms with van der Waals surface area (Å²) in [5.41, 5.74) is 5.97. The third-order valence-corrected chi connectivity index (χ3v) is 2.21. The third kappa shape index (κ3) is 2.51. The van der Waals surface area contributed by atoms with Gasteiger partial charge >= 0.3 is 0 Å². The lowest BCUT2D eigenvalue weighted by atomic mass is 10.2. The van der Waals surface area contributed by atoms with Gasteiger partial charge in [0.05, 0.1) is 7.11 Å². The van der Waals surface area contributed by atoms with Crippen molar-refractivity contribution in [3.63, 3.8) is 0 Å². The number of benzene rings is 1. The molecule has 7 nitrogen and oxygen atoms in total. The second kappa shape index (κ2) is 5.09. The second-order valence-electron chi connectivity index (χ2n) is 3.39. The fourth-order valence-electron chi connectivity index (χ4n) is 1.31. The summed E-state index contributed by atoms with van der Waals surface area (Å²) in [5.74, 6) is 0.246. The molecule has 1 heterocycles. The van der Waals surface area contributed by atoms with Crippen LogP contribution in [0.2, 0.25) is 0 Å². The number of aromatic amines is 1. The zero-order valence-electron chi connectivity index (χ0n) is 9.62. The van der Waals surface area contributed by atoms with E-state index in [1.807, 2.05) is 12.1 Å². The molecule has 18 heavy (non-hydrogen) atoms. The Morgan fingerprint density at radius 1 is 1.39 bits per heavy atom. The Morgan fingerprint density at radius 3 is 2.72 bits per heavy atom. The van der Waals surface area contributed by atoms with Crippen LogP contribution in [0.15, 0.2) is 29.3 Å². The highest BCUT2D eigenvalue weighted by Gasteiger charge is 2.11. The number of ether oxygens (including phenoxy) is 1. The summed E-state index contributed by atoms with van der Waals surface area (Å²) in [7, 11) is 1.59. The Labute approximate surface area is 103 Å². The molecule has 0 atom stereocenters. The minimum atomic E-state index is -0.675. The number of aliphatic imine (C=N–C) groups is 1. The first kappa shape index (κ1) is 11.8. The van der Waals surface area contributed by atoms with Crippen LogP contribution in [0, 0.1) is 0 Å². The van der Waals surface area contributed by atoms with Crippen molar-refractivity contribution in [2.75, 3.05) is 7.11 Å². The van der Waals surface area contributed by atoms with Crippen molar-refractivity contribution in [1.82, 2.24) is 15.4 Å². The highest BCUT2D eigenvalue weighted by molar-refractivity contribution is 5.95. The normalized spacial score (nSPS) is 10.7. The van der Waals surface area contributed by atoms with Gasteiger partial charge in [-0.05, 0) is 29.8 Å². The number of primary amides is 1. The zero-order valence-corrected chi connectivity index (χ0v) is 9.62. The van der Waals surface area contributed by atoms with E-state index in [4.69, 9.17) is 10.5 Å². The van der Waals surface area contributed by atoms with Crippen molar-refractivity contribution >= 4 is 17.9 Å². The maximum absolute atomic E-state index is 11.0. The number of nitrogens with zero attached hydrogens (tertiary/aromatic N) is 3. The van der Waals surface area contributed by atoms with E-state index >= 15 is 0 Å². The number of carbonyl (C=O) groups excluding carboxylic acids is 1. The minimum absolute atomic E-state index is 0.0137. The molecule has 7 heteroatoms. The minimum Gasteiger partial charge on any atom is -0.497 e. The number of nitrogens with two attached hydrogens (primary N) is 1. The smallest absolute Gasteiger partial charge is 0.273 e. The lowest BCUT2D eigenvalue weighted by Gasteiger charge is -1.98. The molecule has 0 unspecified atom stereocenters. The third-order valence-electron chi connectivity index (χ3n) is 2.21. The Hall–Kier alpha value is -2.70. The molecule has 92 valence electrons. The van der Waals surface area contributed by atoms with Crippen molar-refractivity contribution in [3.8, 4) is 5.75 Å². The van der Waals surface area contributed by atoms with Gasteiger partial charge in [0.1, 0.15) is 5.75 Å². The van der Waals surface area contributed by atoms with E-state index in [0.717, 1.165) is 11.3 Å². The molecule has 1 aromatic heterocycles. The van der Waals surface area contributed by atoms with E-state index in [1.54, 1.807) is 25.5 Å². The molecule has 0 saturated carbocycles. The van der Waals surface area contributed by atoms with E-state index in [1.165, 1.54) is 0 Å². The van der Waals surface area contributed by atoms with Crippen LogP contribution in [0.1, 0.15) is 16.1 Å². The maximum Gasteiger partial charge on any atom is 0.273 e. The summed E-state index contributed by atoms with van der Waals surface area (Å²) >= 11 is 0. The summed E-state index contributed by atoms with van der Waals surface area (Å²) in [6.45, 7) is 0. The first-order valence-corrected chi connectivity index (χ1v) is 5.09. The molecule has 2 aromatic rings. The predicted octanol–water partition coefficient (Wildman–Crippen LogP) is 0.663. The van der Waals surface area contributed by atoms with Gasteiger partial charge in [-0.25, -0.2) is 4.99 Å². The van der Waals surface area contributed by atoms with E-state index in [2.05, 4.69) is 20.4 Å². The number of H-pyrrole nitrogens is 1. The van der Waals surface area contributed by atoms with Crippen molar-refractivity contribution in [2.45, 2.75) is 0 Å². The average Bonchev–Trinajstić information content (AvgIpc) is 2.85. The van der Waals surface area contributed by atoms with E-state index in [0.29, 0.717) is 0 Å². The van der Waals surface area contributed by atoms with Crippen molar-refractivity contribution in [1.29, 1.82) is 0 Å². The standard InChI is InChI=1S/C11H11N5O2/c1-18-8-4-2-7(3-5-8)6-13-11-9(10(12)17)14-16-15-11/h2-6H,1H3,(H2,12,17)(H,14,15,16). The number of rotatable bonds is 4. The van der Waals surface area contributed by atoms with Crippen LogP contribution in [0.3, 0.4) is 0 Å². The van der Waals surface area contributed by atoms with Gasteiger partial charge in [0, 0.05) is 6.21 Å². The van der Waals surface area contributed by atoms with Gasteiger partial charge in [-0.3, -0.25) is 4.79 Å². The lowest BCUT2D eigenvalue weighted by Crippen LogP contribution is -2.11. The molecule has 0 radical (unpaired) electrons. The summed E-state index contributed by atoms with van der Waals surface area (Å²) < 4.78 is 5.04.